The fourth-order valence-corrected chi connectivity index (χ4v) is 2.99. The van der Waals surface area contributed by atoms with E-state index in [1.165, 1.54) is 0 Å². The molecule has 2 heterocycles. The van der Waals surface area contributed by atoms with E-state index in [9.17, 15) is 4.79 Å². The third kappa shape index (κ3) is 3.05. The minimum absolute atomic E-state index is 0.294. The Bertz CT molecular complexity index is 1120. The number of para-hydroxylation sites is 1. The molecule has 0 fully saturated rings. The quantitative estimate of drug-likeness (QED) is 0.577. The molecule has 0 aliphatic carbocycles. The van der Waals surface area contributed by atoms with Gasteiger partial charge in [0.2, 0.25) is 0 Å². The van der Waals surface area contributed by atoms with Crippen molar-refractivity contribution in [2.75, 3.05) is 5.32 Å². The van der Waals surface area contributed by atoms with Crippen LogP contribution in [0, 0.1) is 6.92 Å². The number of anilines is 1. The van der Waals surface area contributed by atoms with E-state index >= 15 is 0 Å². The predicted octanol–water partition coefficient (Wildman–Crippen LogP) is 4.63. The molecule has 0 aliphatic heterocycles. The summed E-state index contributed by atoms with van der Waals surface area (Å²) in [6.07, 6.45) is 0. The molecule has 0 unspecified atom stereocenters. The summed E-state index contributed by atoms with van der Waals surface area (Å²) in [7, 11) is 0. The van der Waals surface area contributed by atoms with Gasteiger partial charge in [0.25, 0.3) is 5.91 Å². The molecule has 0 bridgehead atoms. The van der Waals surface area contributed by atoms with Gasteiger partial charge >= 0.3 is 0 Å². The minimum atomic E-state index is -0.294. The zero-order valence-corrected chi connectivity index (χ0v) is 14.7. The summed E-state index contributed by atoms with van der Waals surface area (Å²) in [5.41, 5.74) is 2.04. The maximum absolute atomic E-state index is 12.6. The van der Waals surface area contributed by atoms with E-state index in [2.05, 4.69) is 15.4 Å². The van der Waals surface area contributed by atoms with Crippen LogP contribution in [-0.2, 0) is 0 Å². The summed E-state index contributed by atoms with van der Waals surface area (Å²) < 4.78 is 1.62. The zero-order chi connectivity index (χ0) is 18.1. The summed E-state index contributed by atoms with van der Waals surface area (Å²) in [5, 5.41) is 8.78. The van der Waals surface area contributed by atoms with E-state index in [1.54, 1.807) is 35.0 Å². The van der Waals surface area contributed by atoms with Gasteiger partial charge in [-0.05, 0) is 37.3 Å². The Labute approximate surface area is 155 Å². The number of hydrogen-bond acceptors (Lipinski definition) is 3. The lowest BCUT2D eigenvalue weighted by atomic mass is 10.2. The first-order valence-electron chi connectivity index (χ1n) is 8.10. The van der Waals surface area contributed by atoms with Crippen LogP contribution < -0.4 is 5.32 Å². The maximum Gasteiger partial charge on any atom is 0.258 e. The van der Waals surface area contributed by atoms with Crippen LogP contribution in [0.25, 0.3) is 16.7 Å². The van der Waals surface area contributed by atoms with Gasteiger partial charge in [-0.25, -0.2) is 4.98 Å². The van der Waals surface area contributed by atoms with Gasteiger partial charge in [0.1, 0.15) is 5.82 Å². The fraction of sp³-hybridized carbons (Fsp3) is 0.0500. The van der Waals surface area contributed by atoms with Crippen LogP contribution in [0.5, 0.6) is 0 Å². The van der Waals surface area contributed by atoms with Crippen molar-refractivity contribution in [1.29, 1.82) is 0 Å². The number of nitrogens with one attached hydrogen (secondary N) is 1. The highest BCUT2D eigenvalue weighted by atomic mass is 35.5. The van der Waals surface area contributed by atoms with Gasteiger partial charge in [-0.3, -0.25) is 4.79 Å². The Hall–Kier alpha value is -3.18. The van der Waals surface area contributed by atoms with Crippen LogP contribution in [0.3, 0.4) is 0 Å². The van der Waals surface area contributed by atoms with Crippen molar-refractivity contribution in [2.45, 2.75) is 6.92 Å². The van der Waals surface area contributed by atoms with Crippen LogP contribution in [0.4, 0.5) is 5.82 Å². The average Bonchev–Trinajstić information content (AvgIpc) is 3.01. The van der Waals surface area contributed by atoms with Crippen molar-refractivity contribution in [2.24, 2.45) is 0 Å². The molecule has 0 atom stereocenters. The Morgan fingerprint density at radius 2 is 1.81 bits per heavy atom. The van der Waals surface area contributed by atoms with E-state index < -0.39 is 0 Å². The average molecular weight is 363 g/mol. The molecule has 2 aromatic carbocycles. The smallest absolute Gasteiger partial charge is 0.258 e. The summed E-state index contributed by atoms with van der Waals surface area (Å²) in [5.74, 6) is 0.874. The standard InChI is InChI=1S/C20H15ClN4O/c1-13-12-19(23-20(26)15-7-3-4-8-16(15)21)25(24-13)18-11-10-14-6-2-5-9-17(14)22-18/h2-12H,1H3,(H,23,26). The topological polar surface area (TPSA) is 59.8 Å². The number of pyridine rings is 1. The minimum Gasteiger partial charge on any atom is -0.306 e. The first-order chi connectivity index (χ1) is 12.6. The summed E-state index contributed by atoms with van der Waals surface area (Å²) in [6, 6.07) is 20.4. The normalized spacial score (nSPS) is 10.8. The van der Waals surface area contributed by atoms with Crippen LogP contribution in [0.2, 0.25) is 5.02 Å². The van der Waals surface area contributed by atoms with Crippen LogP contribution >= 0.6 is 11.6 Å². The molecule has 1 N–H and O–H groups in total. The second-order valence-electron chi connectivity index (χ2n) is 5.88. The van der Waals surface area contributed by atoms with E-state index in [-0.39, 0.29) is 5.91 Å². The molecule has 26 heavy (non-hydrogen) atoms. The SMILES string of the molecule is Cc1cc(NC(=O)c2ccccc2Cl)n(-c2ccc3ccccc3n2)n1. The molecular weight excluding hydrogens is 348 g/mol. The molecule has 6 heteroatoms. The van der Waals surface area contributed by atoms with Gasteiger partial charge in [-0.15, -0.1) is 0 Å². The van der Waals surface area contributed by atoms with Gasteiger partial charge in [-0.2, -0.15) is 9.78 Å². The monoisotopic (exact) mass is 362 g/mol. The summed E-state index contributed by atoms with van der Waals surface area (Å²) >= 11 is 6.12. The van der Waals surface area contributed by atoms with Crippen molar-refractivity contribution in [3.8, 4) is 5.82 Å². The maximum atomic E-state index is 12.6. The van der Waals surface area contributed by atoms with Crippen molar-refractivity contribution in [3.63, 3.8) is 0 Å². The number of benzene rings is 2. The highest BCUT2D eigenvalue weighted by Crippen LogP contribution is 2.21. The highest BCUT2D eigenvalue weighted by Gasteiger charge is 2.15. The number of carbonyl (C=O) groups excluding carboxylic acids is 1. The lowest BCUT2D eigenvalue weighted by molar-refractivity contribution is 0.102. The molecule has 4 rings (SSSR count). The lowest BCUT2D eigenvalue weighted by Gasteiger charge is -2.10. The molecule has 1 amide bonds. The van der Waals surface area contributed by atoms with Crippen LogP contribution in [-0.4, -0.2) is 20.7 Å². The number of fused-ring (bicyclic) bond motifs is 1. The van der Waals surface area contributed by atoms with Crippen molar-refractivity contribution >= 4 is 34.2 Å². The lowest BCUT2D eigenvalue weighted by Crippen LogP contribution is -2.16. The molecule has 0 radical (unpaired) electrons. The fourth-order valence-electron chi connectivity index (χ4n) is 2.77. The first kappa shape index (κ1) is 16.3. The Kier molecular flexibility index (Phi) is 4.14. The number of aromatic nitrogens is 3. The predicted molar refractivity (Wildman–Crippen MR) is 103 cm³/mol. The van der Waals surface area contributed by atoms with Crippen LogP contribution in [0.1, 0.15) is 16.1 Å². The molecule has 0 saturated heterocycles. The molecule has 5 nitrogen and oxygen atoms in total. The number of amides is 1. The molecule has 4 aromatic rings. The van der Waals surface area contributed by atoms with Gasteiger partial charge < -0.3 is 5.32 Å². The van der Waals surface area contributed by atoms with Gasteiger partial charge in [0.05, 0.1) is 21.8 Å². The molecular formula is C20H15ClN4O. The van der Waals surface area contributed by atoms with Crippen LogP contribution in [0.15, 0.2) is 66.7 Å². The Morgan fingerprint density at radius 1 is 1.04 bits per heavy atom. The van der Waals surface area contributed by atoms with Crippen molar-refractivity contribution in [1.82, 2.24) is 14.8 Å². The number of aryl methyl sites for hydroxylation is 1. The first-order valence-corrected chi connectivity index (χ1v) is 8.48. The Morgan fingerprint density at radius 3 is 2.65 bits per heavy atom. The second-order valence-corrected chi connectivity index (χ2v) is 6.29. The van der Waals surface area contributed by atoms with Gasteiger partial charge in [0, 0.05) is 11.5 Å². The van der Waals surface area contributed by atoms with E-state index in [4.69, 9.17) is 11.6 Å². The number of rotatable bonds is 3. The number of hydrogen-bond donors (Lipinski definition) is 1. The number of nitrogens with zero attached hydrogens (tertiary/aromatic N) is 3. The van der Waals surface area contributed by atoms with E-state index in [0.717, 1.165) is 16.6 Å². The third-order valence-corrected chi connectivity index (χ3v) is 4.32. The zero-order valence-electron chi connectivity index (χ0n) is 14.0. The molecule has 0 aliphatic rings. The molecule has 2 aromatic heterocycles. The summed E-state index contributed by atoms with van der Waals surface area (Å²) in [6.45, 7) is 1.86. The van der Waals surface area contributed by atoms with Crippen molar-refractivity contribution < 1.29 is 4.79 Å². The highest BCUT2D eigenvalue weighted by molar-refractivity contribution is 6.34. The molecule has 0 saturated carbocycles. The number of carbonyl (C=O) groups is 1. The van der Waals surface area contributed by atoms with Gasteiger partial charge in [-0.1, -0.05) is 41.9 Å². The van der Waals surface area contributed by atoms with Crippen molar-refractivity contribution in [3.05, 3.63) is 83.0 Å². The summed E-state index contributed by atoms with van der Waals surface area (Å²) in [4.78, 5) is 17.2. The molecule has 128 valence electrons. The van der Waals surface area contributed by atoms with E-state index in [1.807, 2.05) is 43.3 Å². The van der Waals surface area contributed by atoms with Gasteiger partial charge in [0.15, 0.2) is 5.82 Å². The second kappa shape index (κ2) is 6.61. The van der Waals surface area contributed by atoms with E-state index in [0.29, 0.717) is 22.2 Å². The largest absolute Gasteiger partial charge is 0.306 e. The molecule has 0 spiro atoms. The third-order valence-electron chi connectivity index (χ3n) is 3.99. The number of halogens is 1. The Balaban J connectivity index is 1.72.